The monoisotopic (exact) mass is 234 g/mol. The van der Waals surface area contributed by atoms with Gasteiger partial charge >= 0.3 is 6.18 Å². The first-order valence-corrected chi connectivity index (χ1v) is 4.27. The molecule has 0 aliphatic rings. The molecule has 0 spiro atoms. The number of halogens is 4. The van der Waals surface area contributed by atoms with Crippen molar-refractivity contribution in [1.82, 2.24) is 0 Å². The predicted molar refractivity (Wildman–Crippen MR) is 49.1 cm³/mol. The van der Waals surface area contributed by atoms with Crippen LogP contribution >= 0.6 is 11.6 Å². The van der Waals surface area contributed by atoms with Crippen molar-refractivity contribution in [3.05, 3.63) is 33.8 Å². The summed E-state index contributed by atoms with van der Waals surface area (Å²) in [6, 6.07) is 3.52. The summed E-state index contributed by atoms with van der Waals surface area (Å²) in [5, 5.41) is 8.37. The molecule has 0 atom stereocenters. The van der Waals surface area contributed by atoms with E-state index in [1.54, 1.807) is 6.07 Å². The molecular formula is C9H6ClF3N2. The van der Waals surface area contributed by atoms with Crippen LogP contribution in [0.5, 0.6) is 0 Å². The van der Waals surface area contributed by atoms with E-state index in [0.29, 0.717) is 0 Å². The van der Waals surface area contributed by atoms with Gasteiger partial charge in [0.25, 0.3) is 0 Å². The average molecular weight is 235 g/mol. The lowest BCUT2D eigenvalue weighted by atomic mass is 10.0. The molecule has 0 heterocycles. The lowest BCUT2D eigenvalue weighted by Crippen LogP contribution is -2.13. The Balaban J connectivity index is 3.48. The molecule has 2 N–H and O–H groups in total. The van der Waals surface area contributed by atoms with Crippen LogP contribution in [0.3, 0.4) is 0 Å². The molecule has 1 rings (SSSR count). The molecule has 0 amide bonds. The first-order chi connectivity index (χ1) is 6.90. The van der Waals surface area contributed by atoms with Gasteiger partial charge in [0.05, 0.1) is 17.2 Å². The smallest absolute Gasteiger partial charge is 0.326 e. The second kappa shape index (κ2) is 4.09. The first kappa shape index (κ1) is 11.8. The van der Waals surface area contributed by atoms with Gasteiger partial charge in [0.15, 0.2) is 0 Å². The Hall–Kier alpha value is -1.25. The van der Waals surface area contributed by atoms with Gasteiger partial charge in [-0.2, -0.15) is 18.4 Å². The van der Waals surface area contributed by atoms with E-state index in [1.807, 2.05) is 0 Å². The molecular weight excluding hydrogens is 229 g/mol. The van der Waals surface area contributed by atoms with Crippen LogP contribution in [0.15, 0.2) is 12.1 Å². The molecule has 0 radical (unpaired) electrons. The van der Waals surface area contributed by atoms with Crippen molar-refractivity contribution in [3.8, 4) is 6.07 Å². The van der Waals surface area contributed by atoms with Crippen molar-refractivity contribution >= 4 is 11.6 Å². The van der Waals surface area contributed by atoms with Crippen LogP contribution in [-0.2, 0) is 12.7 Å². The highest BCUT2D eigenvalue weighted by Gasteiger charge is 2.34. The fourth-order valence-corrected chi connectivity index (χ4v) is 1.46. The fraction of sp³-hybridized carbons (Fsp3) is 0.222. The zero-order valence-corrected chi connectivity index (χ0v) is 8.15. The first-order valence-electron chi connectivity index (χ1n) is 3.90. The normalized spacial score (nSPS) is 11.2. The molecule has 0 aliphatic heterocycles. The predicted octanol–water partition coefficient (Wildman–Crippen LogP) is 2.69. The number of alkyl halides is 3. The third-order valence-electron chi connectivity index (χ3n) is 1.83. The highest BCUT2D eigenvalue weighted by Crippen LogP contribution is 2.35. The number of nitriles is 1. The van der Waals surface area contributed by atoms with Gasteiger partial charge in [-0.1, -0.05) is 11.6 Å². The minimum Gasteiger partial charge on any atom is -0.326 e. The van der Waals surface area contributed by atoms with E-state index in [2.05, 4.69) is 0 Å². The third-order valence-corrected chi connectivity index (χ3v) is 2.17. The molecule has 1 aromatic carbocycles. The summed E-state index contributed by atoms with van der Waals surface area (Å²) >= 11 is 5.59. The zero-order chi connectivity index (χ0) is 11.6. The largest absolute Gasteiger partial charge is 0.416 e. The number of hydrogen-bond donors (Lipinski definition) is 1. The summed E-state index contributed by atoms with van der Waals surface area (Å²) < 4.78 is 37.5. The lowest BCUT2D eigenvalue weighted by Gasteiger charge is -2.13. The maximum Gasteiger partial charge on any atom is 0.416 e. The summed E-state index contributed by atoms with van der Waals surface area (Å²) in [5.41, 5.74) is 3.90. The maximum atomic E-state index is 12.5. The van der Waals surface area contributed by atoms with Crippen molar-refractivity contribution < 1.29 is 13.2 Å². The summed E-state index contributed by atoms with van der Waals surface area (Å²) in [6.45, 7) is -0.320. The van der Waals surface area contributed by atoms with E-state index in [9.17, 15) is 13.2 Å². The van der Waals surface area contributed by atoms with Crippen LogP contribution in [0.4, 0.5) is 13.2 Å². The third kappa shape index (κ3) is 2.41. The Kier molecular flexibility index (Phi) is 3.22. The van der Waals surface area contributed by atoms with E-state index in [0.717, 1.165) is 6.07 Å². The van der Waals surface area contributed by atoms with Gasteiger partial charge < -0.3 is 5.73 Å². The van der Waals surface area contributed by atoms with Crippen molar-refractivity contribution in [3.63, 3.8) is 0 Å². The molecule has 0 aromatic heterocycles. The van der Waals surface area contributed by atoms with Crippen LogP contribution in [0.1, 0.15) is 16.7 Å². The molecule has 0 unspecified atom stereocenters. The SMILES string of the molecule is N#Cc1cc(Cl)c(CN)c(C(F)(F)F)c1. The zero-order valence-electron chi connectivity index (χ0n) is 7.40. The average Bonchev–Trinajstić information content (AvgIpc) is 2.15. The van der Waals surface area contributed by atoms with Crippen molar-refractivity contribution in [2.45, 2.75) is 12.7 Å². The fourth-order valence-electron chi connectivity index (χ4n) is 1.16. The molecule has 0 saturated carbocycles. The molecule has 0 bridgehead atoms. The number of benzene rings is 1. The number of nitrogens with zero attached hydrogens (tertiary/aromatic N) is 1. The highest BCUT2D eigenvalue weighted by molar-refractivity contribution is 6.31. The van der Waals surface area contributed by atoms with E-state index < -0.39 is 11.7 Å². The van der Waals surface area contributed by atoms with Gasteiger partial charge in [0.1, 0.15) is 0 Å². The summed E-state index contributed by atoms with van der Waals surface area (Å²) in [6.07, 6.45) is -4.55. The van der Waals surface area contributed by atoms with Crippen LogP contribution in [-0.4, -0.2) is 0 Å². The summed E-state index contributed by atoms with van der Waals surface area (Å²) in [7, 11) is 0. The minimum absolute atomic E-state index is 0.135. The number of rotatable bonds is 1. The van der Waals surface area contributed by atoms with Gasteiger partial charge in [-0.3, -0.25) is 0 Å². The van der Waals surface area contributed by atoms with E-state index in [1.165, 1.54) is 6.07 Å². The Morgan fingerprint density at radius 1 is 1.40 bits per heavy atom. The molecule has 80 valence electrons. The summed E-state index contributed by atoms with van der Waals surface area (Å²) in [4.78, 5) is 0. The molecule has 0 saturated heterocycles. The quantitative estimate of drug-likeness (QED) is 0.812. The van der Waals surface area contributed by atoms with Gasteiger partial charge in [-0.15, -0.1) is 0 Å². The Labute approximate surface area is 89.1 Å². The number of nitrogens with two attached hydrogens (primary N) is 1. The minimum atomic E-state index is -4.55. The molecule has 1 aromatic rings. The van der Waals surface area contributed by atoms with Crippen molar-refractivity contribution in [1.29, 1.82) is 5.26 Å². The van der Waals surface area contributed by atoms with Crippen LogP contribution in [0.25, 0.3) is 0 Å². The second-order valence-corrected chi connectivity index (χ2v) is 3.21. The van der Waals surface area contributed by atoms with Crippen LogP contribution in [0, 0.1) is 11.3 Å². The summed E-state index contributed by atoms with van der Waals surface area (Å²) in [5.74, 6) is 0. The standard InChI is InChI=1S/C9H6ClF3N2/c10-8-2-5(3-14)1-7(6(8)4-15)9(11,12)13/h1-2H,4,15H2. The number of hydrogen-bond acceptors (Lipinski definition) is 2. The Morgan fingerprint density at radius 2 is 2.00 bits per heavy atom. The topological polar surface area (TPSA) is 49.8 Å². The van der Waals surface area contributed by atoms with E-state index in [-0.39, 0.29) is 22.7 Å². The van der Waals surface area contributed by atoms with E-state index in [4.69, 9.17) is 22.6 Å². The lowest BCUT2D eigenvalue weighted by molar-refractivity contribution is -0.138. The second-order valence-electron chi connectivity index (χ2n) is 2.80. The molecule has 6 heteroatoms. The van der Waals surface area contributed by atoms with Crippen molar-refractivity contribution in [2.75, 3.05) is 0 Å². The van der Waals surface area contributed by atoms with E-state index >= 15 is 0 Å². The van der Waals surface area contributed by atoms with Crippen LogP contribution < -0.4 is 5.73 Å². The van der Waals surface area contributed by atoms with Gasteiger partial charge in [0.2, 0.25) is 0 Å². The molecule has 15 heavy (non-hydrogen) atoms. The highest BCUT2D eigenvalue weighted by atomic mass is 35.5. The Morgan fingerprint density at radius 3 is 2.40 bits per heavy atom. The molecule has 0 fully saturated rings. The van der Waals surface area contributed by atoms with Gasteiger partial charge in [0, 0.05) is 11.6 Å². The van der Waals surface area contributed by atoms with Crippen LogP contribution in [0.2, 0.25) is 5.02 Å². The van der Waals surface area contributed by atoms with Crippen molar-refractivity contribution in [2.24, 2.45) is 5.73 Å². The van der Waals surface area contributed by atoms with Gasteiger partial charge in [-0.05, 0) is 17.7 Å². The maximum absolute atomic E-state index is 12.5. The van der Waals surface area contributed by atoms with Gasteiger partial charge in [-0.25, -0.2) is 0 Å². The molecule has 2 nitrogen and oxygen atoms in total. The Bertz CT molecular complexity index is 421. The molecule has 0 aliphatic carbocycles.